The van der Waals surface area contributed by atoms with Crippen molar-refractivity contribution in [1.29, 1.82) is 0 Å². The molecule has 4 nitrogen and oxygen atoms in total. The van der Waals surface area contributed by atoms with E-state index in [4.69, 9.17) is 4.74 Å². The highest BCUT2D eigenvalue weighted by Gasteiger charge is 2.05. The van der Waals surface area contributed by atoms with Crippen LogP contribution in [0, 0.1) is 0 Å². The molecule has 1 amide bonds. The first-order valence-corrected chi connectivity index (χ1v) is 6.63. The minimum atomic E-state index is -0.202. The third-order valence-electron chi connectivity index (χ3n) is 2.45. The zero-order chi connectivity index (χ0) is 14.3. The molecule has 19 heavy (non-hydrogen) atoms. The number of amides is 1. The van der Waals surface area contributed by atoms with Crippen molar-refractivity contribution in [3.8, 4) is 5.75 Å². The first-order valence-electron chi connectivity index (χ1n) is 6.63. The predicted molar refractivity (Wildman–Crippen MR) is 77.7 cm³/mol. The fourth-order valence-electron chi connectivity index (χ4n) is 1.59. The highest BCUT2D eigenvalue weighted by molar-refractivity contribution is 5.95. The monoisotopic (exact) mass is 262 g/mol. The zero-order valence-electron chi connectivity index (χ0n) is 12.1. The first kappa shape index (κ1) is 15.2. The highest BCUT2D eigenvalue weighted by Crippen LogP contribution is 2.13. The maximum absolute atomic E-state index is 11.8. The molecule has 0 bridgehead atoms. The van der Waals surface area contributed by atoms with Crippen LogP contribution in [0.5, 0.6) is 5.75 Å². The molecule has 0 aliphatic carbocycles. The van der Waals surface area contributed by atoms with Gasteiger partial charge < -0.3 is 4.74 Å². The van der Waals surface area contributed by atoms with Gasteiger partial charge in [0, 0.05) is 11.3 Å². The van der Waals surface area contributed by atoms with Crippen LogP contribution in [-0.2, 0) is 0 Å². The molecule has 0 radical (unpaired) electrons. The summed E-state index contributed by atoms with van der Waals surface area (Å²) in [6.07, 6.45) is 2.04. The Labute approximate surface area is 114 Å². The van der Waals surface area contributed by atoms with Gasteiger partial charge in [-0.2, -0.15) is 5.10 Å². The Morgan fingerprint density at radius 2 is 1.95 bits per heavy atom. The number of hydrogen-bond acceptors (Lipinski definition) is 3. The minimum absolute atomic E-state index is 0.126. The van der Waals surface area contributed by atoms with Crippen molar-refractivity contribution in [3.05, 3.63) is 29.8 Å². The summed E-state index contributed by atoms with van der Waals surface area (Å²) in [6, 6.07) is 7.05. The molecule has 1 aromatic carbocycles. The van der Waals surface area contributed by atoms with Crippen LogP contribution >= 0.6 is 0 Å². The molecule has 104 valence electrons. The van der Waals surface area contributed by atoms with Crippen LogP contribution in [0.2, 0.25) is 0 Å². The Hall–Kier alpha value is -1.84. The van der Waals surface area contributed by atoms with Gasteiger partial charge in [-0.15, -0.1) is 0 Å². The van der Waals surface area contributed by atoms with Gasteiger partial charge in [-0.25, -0.2) is 5.43 Å². The largest absolute Gasteiger partial charge is 0.491 e. The van der Waals surface area contributed by atoms with E-state index in [1.54, 1.807) is 24.3 Å². The Bertz CT molecular complexity index is 436. The number of nitrogens with zero attached hydrogens (tertiary/aromatic N) is 1. The predicted octanol–water partition coefficient (Wildman–Crippen LogP) is 3.38. The lowest BCUT2D eigenvalue weighted by molar-refractivity contribution is 0.0954. The molecule has 0 aliphatic rings. The zero-order valence-corrected chi connectivity index (χ0v) is 12.1. The van der Waals surface area contributed by atoms with Crippen molar-refractivity contribution in [1.82, 2.24) is 5.43 Å². The second-order valence-corrected chi connectivity index (χ2v) is 4.73. The number of hydrazone groups is 1. The van der Waals surface area contributed by atoms with Crippen molar-refractivity contribution >= 4 is 11.6 Å². The van der Waals surface area contributed by atoms with E-state index < -0.39 is 0 Å². The summed E-state index contributed by atoms with van der Waals surface area (Å²) < 4.78 is 5.52. The summed E-state index contributed by atoms with van der Waals surface area (Å²) in [5.74, 6) is 0.559. The van der Waals surface area contributed by atoms with Gasteiger partial charge in [0.1, 0.15) is 5.75 Å². The van der Waals surface area contributed by atoms with Gasteiger partial charge in [-0.3, -0.25) is 4.79 Å². The Kier molecular flexibility index (Phi) is 6.06. The SMILES string of the molecule is CCC/C(C)=N\NC(=O)c1ccc(OC(C)C)cc1. The highest BCUT2D eigenvalue weighted by atomic mass is 16.5. The average Bonchev–Trinajstić information content (AvgIpc) is 2.36. The van der Waals surface area contributed by atoms with Gasteiger partial charge in [-0.05, 0) is 51.5 Å². The van der Waals surface area contributed by atoms with Crippen LogP contribution in [0.4, 0.5) is 0 Å². The van der Waals surface area contributed by atoms with Crippen LogP contribution < -0.4 is 10.2 Å². The molecule has 4 heteroatoms. The van der Waals surface area contributed by atoms with Crippen molar-refractivity contribution in [2.75, 3.05) is 0 Å². The van der Waals surface area contributed by atoms with Gasteiger partial charge in [0.15, 0.2) is 0 Å². The smallest absolute Gasteiger partial charge is 0.271 e. The Morgan fingerprint density at radius 1 is 1.32 bits per heavy atom. The van der Waals surface area contributed by atoms with Crippen LogP contribution in [0.1, 0.15) is 50.9 Å². The molecule has 0 heterocycles. The molecule has 0 atom stereocenters. The Balaban J connectivity index is 2.60. The number of benzene rings is 1. The normalized spacial score (nSPS) is 11.5. The molecule has 1 rings (SSSR count). The molecule has 0 saturated heterocycles. The van der Waals surface area contributed by atoms with Gasteiger partial charge in [0.25, 0.3) is 5.91 Å². The Morgan fingerprint density at radius 3 is 2.47 bits per heavy atom. The molecule has 0 fully saturated rings. The molecule has 1 aromatic rings. The van der Waals surface area contributed by atoms with Crippen molar-refractivity contribution in [2.45, 2.75) is 46.6 Å². The summed E-state index contributed by atoms with van der Waals surface area (Å²) in [4.78, 5) is 11.8. The topological polar surface area (TPSA) is 50.7 Å². The van der Waals surface area contributed by atoms with E-state index in [9.17, 15) is 4.79 Å². The second-order valence-electron chi connectivity index (χ2n) is 4.73. The van der Waals surface area contributed by atoms with E-state index in [2.05, 4.69) is 17.5 Å². The van der Waals surface area contributed by atoms with E-state index in [1.807, 2.05) is 20.8 Å². The lowest BCUT2D eigenvalue weighted by Gasteiger charge is -2.09. The fraction of sp³-hybridized carbons (Fsp3) is 0.467. The van der Waals surface area contributed by atoms with Crippen molar-refractivity contribution in [3.63, 3.8) is 0 Å². The van der Waals surface area contributed by atoms with Crippen molar-refractivity contribution < 1.29 is 9.53 Å². The maximum Gasteiger partial charge on any atom is 0.271 e. The number of ether oxygens (including phenoxy) is 1. The van der Waals surface area contributed by atoms with Gasteiger partial charge in [-0.1, -0.05) is 13.3 Å². The minimum Gasteiger partial charge on any atom is -0.491 e. The van der Waals surface area contributed by atoms with Crippen LogP contribution in [0.25, 0.3) is 0 Å². The first-order chi connectivity index (χ1) is 9.02. The molecular weight excluding hydrogens is 240 g/mol. The molecule has 1 N–H and O–H groups in total. The number of carbonyl (C=O) groups is 1. The molecule has 0 aromatic heterocycles. The summed E-state index contributed by atoms with van der Waals surface area (Å²) in [5, 5.41) is 4.05. The van der Waals surface area contributed by atoms with Crippen LogP contribution in [0.15, 0.2) is 29.4 Å². The molecule has 0 spiro atoms. The summed E-state index contributed by atoms with van der Waals surface area (Å²) >= 11 is 0. The molecule has 0 aliphatic heterocycles. The van der Waals surface area contributed by atoms with E-state index in [1.165, 1.54) is 0 Å². The lowest BCUT2D eigenvalue weighted by Crippen LogP contribution is -2.19. The average molecular weight is 262 g/mol. The third kappa shape index (κ3) is 5.55. The third-order valence-corrected chi connectivity index (χ3v) is 2.45. The van der Waals surface area contributed by atoms with E-state index >= 15 is 0 Å². The summed E-state index contributed by atoms with van der Waals surface area (Å²) in [5.41, 5.74) is 4.05. The lowest BCUT2D eigenvalue weighted by atomic mass is 10.2. The molecule has 0 unspecified atom stereocenters. The molecule has 0 saturated carbocycles. The summed E-state index contributed by atoms with van der Waals surface area (Å²) in [6.45, 7) is 7.91. The van der Waals surface area contributed by atoms with Crippen molar-refractivity contribution in [2.24, 2.45) is 5.10 Å². The maximum atomic E-state index is 11.8. The number of nitrogens with one attached hydrogen (secondary N) is 1. The van der Waals surface area contributed by atoms with Gasteiger partial charge >= 0.3 is 0 Å². The standard InChI is InChI=1S/C15H22N2O2/c1-5-6-12(4)16-17-15(18)13-7-9-14(10-8-13)19-11(2)3/h7-11H,5-6H2,1-4H3,(H,17,18)/b16-12-. The van der Waals surface area contributed by atoms with Gasteiger partial charge in [0.2, 0.25) is 0 Å². The van der Waals surface area contributed by atoms with E-state index in [-0.39, 0.29) is 12.0 Å². The second kappa shape index (κ2) is 7.56. The van der Waals surface area contributed by atoms with Crippen LogP contribution in [-0.4, -0.2) is 17.7 Å². The molecular formula is C15H22N2O2. The quantitative estimate of drug-likeness (QED) is 0.631. The fourth-order valence-corrected chi connectivity index (χ4v) is 1.59. The van der Waals surface area contributed by atoms with E-state index in [0.717, 1.165) is 24.3 Å². The van der Waals surface area contributed by atoms with Gasteiger partial charge in [0.05, 0.1) is 6.10 Å². The number of rotatable bonds is 6. The summed E-state index contributed by atoms with van der Waals surface area (Å²) in [7, 11) is 0. The number of hydrogen-bond donors (Lipinski definition) is 1. The number of carbonyl (C=O) groups excluding carboxylic acids is 1. The van der Waals surface area contributed by atoms with E-state index in [0.29, 0.717) is 5.56 Å². The van der Waals surface area contributed by atoms with Crippen LogP contribution in [0.3, 0.4) is 0 Å².